The number of aryl methyl sites for hydroxylation is 1. The summed E-state index contributed by atoms with van der Waals surface area (Å²) >= 11 is 5.61. The summed E-state index contributed by atoms with van der Waals surface area (Å²) < 4.78 is 38.8. The molecular formula is C20H22ClF3N3O+. The summed E-state index contributed by atoms with van der Waals surface area (Å²) in [5, 5.41) is 2.16. The molecule has 0 saturated carbocycles. The summed E-state index contributed by atoms with van der Waals surface area (Å²) in [7, 11) is 0. The van der Waals surface area contributed by atoms with Crippen molar-refractivity contribution in [2.45, 2.75) is 13.1 Å². The first kappa shape index (κ1) is 20.5. The normalized spacial score (nSPS) is 15.5. The molecule has 1 aliphatic heterocycles. The number of piperazine rings is 1. The maximum Gasteiger partial charge on any atom is 0.417 e. The monoisotopic (exact) mass is 412 g/mol. The third-order valence-electron chi connectivity index (χ3n) is 4.89. The molecule has 1 heterocycles. The third kappa shape index (κ3) is 4.97. The van der Waals surface area contributed by atoms with Gasteiger partial charge in [-0.25, -0.2) is 0 Å². The van der Waals surface area contributed by atoms with Gasteiger partial charge in [-0.3, -0.25) is 4.79 Å². The molecule has 1 amide bonds. The maximum atomic E-state index is 12.9. The average molecular weight is 413 g/mol. The van der Waals surface area contributed by atoms with Crippen molar-refractivity contribution in [1.82, 2.24) is 0 Å². The lowest BCUT2D eigenvalue weighted by Crippen LogP contribution is -3.15. The number of amides is 1. The zero-order valence-corrected chi connectivity index (χ0v) is 16.2. The second-order valence-electron chi connectivity index (χ2n) is 6.94. The van der Waals surface area contributed by atoms with E-state index in [0.29, 0.717) is 0 Å². The highest BCUT2D eigenvalue weighted by Gasteiger charge is 2.33. The molecule has 2 N–H and O–H groups in total. The van der Waals surface area contributed by atoms with Crippen LogP contribution >= 0.6 is 11.6 Å². The van der Waals surface area contributed by atoms with Gasteiger partial charge in [-0.05, 0) is 36.8 Å². The second kappa shape index (κ2) is 8.41. The molecule has 2 aromatic rings. The number of halogens is 4. The van der Waals surface area contributed by atoms with Crippen LogP contribution in [-0.4, -0.2) is 38.6 Å². The van der Waals surface area contributed by atoms with E-state index in [1.54, 1.807) is 0 Å². The lowest BCUT2D eigenvalue weighted by Gasteiger charge is -2.34. The number of nitrogens with zero attached hydrogens (tertiary/aromatic N) is 1. The smallest absolute Gasteiger partial charge is 0.360 e. The number of nitrogens with one attached hydrogen (secondary N) is 2. The number of hydrogen-bond acceptors (Lipinski definition) is 2. The van der Waals surface area contributed by atoms with Gasteiger partial charge in [0.25, 0.3) is 5.91 Å². The molecule has 0 spiro atoms. The standard InChI is InChI=1S/C20H21ClF3N3O/c1-14-4-2-3-5-18(14)27-10-8-26(9-11-27)13-19(28)25-15-6-7-17(21)16(12-15)20(22,23)24/h2-7,12H,8-11,13H2,1H3,(H,25,28)/p+1. The predicted molar refractivity (Wildman–Crippen MR) is 104 cm³/mol. The molecule has 1 fully saturated rings. The van der Waals surface area contributed by atoms with E-state index >= 15 is 0 Å². The van der Waals surface area contributed by atoms with Crippen LogP contribution in [0.5, 0.6) is 0 Å². The number of carbonyl (C=O) groups is 1. The number of carbonyl (C=O) groups excluding carboxylic acids is 1. The molecule has 28 heavy (non-hydrogen) atoms. The Morgan fingerprint density at radius 2 is 1.86 bits per heavy atom. The molecule has 0 aliphatic carbocycles. The van der Waals surface area contributed by atoms with Crippen LogP contribution in [-0.2, 0) is 11.0 Å². The molecule has 0 atom stereocenters. The van der Waals surface area contributed by atoms with Gasteiger partial charge in [-0.15, -0.1) is 0 Å². The number of quaternary nitrogens is 1. The van der Waals surface area contributed by atoms with Crippen molar-refractivity contribution in [2.75, 3.05) is 42.9 Å². The van der Waals surface area contributed by atoms with Gasteiger partial charge in [0.2, 0.25) is 0 Å². The van der Waals surface area contributed by atoms with Crippen LogP contribution in [0.2, 0.25) is 5.02 Å². The second-order valence-corrected chi connectivity index (χ2v) is 7.35. The minimum atomic E-state index is -4.56. The summed E-state index contributed by atoms with van der Waals surface area (Å²) in [6.07, 6.45) is -4.56. The Bertz CT molecular complexity index is 849. The summed E-state index contributed by atoms with van der Waals surface area (Å²) in [5.41, 5.74) is 1.56. The quantitative estimate of drug-likeness (QED) is 0.810. The van der Waals surface area contributed by atoms with Gasteiger partial charge in [0.1, 0.15) is 0 Å². The highest BCUT2D eigenvalue weighted by atomic mass is 35.5. The van der Waals surface area contributed by atoms with Gasteiger partial charge in [-0.2, -0.15) is 13.2 Å². The lowest BCUT2D eigenvalue weighted by atomic mass is 10.1. The summed E-state index contributed by atoms with van der Waals surface area (Å²) in [5.74, 6) is -0.310. The van der Waals surface area contributed by atoms with E-state index in [1.165, 1.54) is 17.3 Å². The number of anilines is 2. The largest absolute Gasteiger partial charge is 0.417 e. The van der Waals surface area contributed by atoms with Crippen molar-refractivity contribution in [3.63, 3.8) is 0 Å². The van der Waals surface area contributed by atoms with Gasteiger partial charge in [0.15, 0.2) is 6.54 Å². The van der Waals surface area contributed by atoms with Crippen LogP contribution in [0.1, 0.15) is 11.1 Å². The van der Waals surface area contributed by atoms with Crippen molar-refractivity contribution >= 4 is 28.9 Å². The Kier molecular flexibility index (Phi) is 6.15. The summed E-state index contributed by atoms with van der Waals surface area (Å²) in [4.78, 5) is 15.7. The SMILES string of the molecule is Cc1ccccc1N1CC[NH+](CC(=O)Nc2ccc(Cl)c(C(F)(F)F)c2)CC1. The number of para-hydroxylation sites is 1. The van der Waals surface area contributed by atoms with E-state index in [0.717, 1.165) is 43.2 Å². The number of rotatable bonds is 4. The fourth-order valence-electron chi connectivity index (χ4n) is 3.41. The fourth-order valence-corrected chi connectivity index (χ4v) is 3.64. The Labute approximate surface area is 166 Å². The molecule has 150 valence electrons. The minimum Gasteiger partial charge on any atom is -0.360 e. The molecule has 4 nitrogen and oxygen atoms in total. The Morgan fingerprint density at radius 1 is 1.18 bits per heavy atom. The number of hydrogen-bond donors (Lipinski definition) is 2. The topological polar surface area (TPSA) is 36.8 Å². The Hall–Kier alpha value is -2.25. The molecule has 3 rings (SSSR count). The fraction of sp³-hybridized carbons (Fsp3) is 0.350. The maximum absolute atomic E-state index is 12.9. The molecule has 1 aliphatic rings. The zero-order chi connectivity index (χ0) is 20.3. The summed E-state index contributed by atoms with van der Waals surface area (Å²) in [6, 6.07) is 11.6. The lowest BCUT2D eigenvalue weighted by molar-refractivity contribution is -0.892. The minimum absolute atomic E-state index is 0.0969. The first-order chi connectivity index (χ1) is 13.2. The molecule has 0 radical (unpaired) electrons. The van der Waals surface area contributed by atoms with Crippen LogP contribution in [0.15, 0.2) is 42.5 Å². The predicted octanol–water partition coefficient (Wildman–Crippen LogP) is 3.01. The van der Waals surface area contributed by atoms with Crippen LogP contribution in [0.3, 0.4) is 0 Å². The van der Waals surface area contributed by atoms with Crippen LogP contribution in [0, 0.1) is 6.92 Å². The summed E-state index contributed by atoms with van der Waals surface area (Å²) in [6.45, 7) is 5.51. The average Bonchev–Trinajstić information content (AvgIpc) is 2.63. The van der Waals surface area contributed by atoms with E-state index in [9.17, 15) is 18.0 Å². The van der Waals surface area contributed by atoms with Crippen LogP contribution in [0.25, 0.3) is 0 Å². The van der Waals surface area contributed by atoms with E-state index in [-0.39, 0.29) is 23.2 Å². The highest BCUT2D eigenvalue weighted by molar-refractivity contribution is 6.31. The van der Waals surface area contributed by atoms with Crippen LogP contribution in [0.4, 0.5) is 24.5 Å². The van der Waals surface area contributed by atoms with E-state index in [4.69, 9.17) is 11.6 Å². The highest BCUT2D eigenvalue weighted by Crippen LogP contribution is 2.36. The van der Waals surface area contributed by atoms with Gasteiger partial charge in [0, 0.05) is 11.4 Å². The van der Waals surface area contributed by atoms with Crippen molar-refractivity contribution in [2.24, 2.45) is 0 Å². The molecule has 0 bridgehead atoms. The van der Waals surface area contributed by atoms with Gasteiger partial charge in [-0.1, -0.05) is 29.8 Å². The first-order valence-electron chi connectivity index (χ1n) is 9.05. The first-order valence-corrected chi connectivity index (χ1v) is 9.42. The number of alkyl halides is 3. The molecule has 0 unspecified atom stereocenters. The van der Waals surface area contributed by atoms with E-state index in [2.05, 4.69) is 29.3 Å². The zero-order valence-electron chi connectivity index (χ0n) is 15.4. The van der Waals surface area contributed by atoms with E-state index < -0.39 is 11.7 Å². The van der Waals surface area contributed by atoms with E-state index in [1.807, 2.05) is 12.1 Å². The van der Waals surface area contributed by atoms with Crippen molar-refractivity contribution < 1.29 is 22.9 Å². The van der Waals surface area contributed by atoms with Gasteiger partial charge < -0.3 is 15.1 Å². The molecule has 8 heteroatoms. The molecule has 2 aromatic carbocycles. The van der Waals surface area contributed by atoms with Gasteiger partial charge >= 0.3 is 6.18 Å². The molecule has 1 saturated heterocycles. The van der Waals surface area contributed by atoms with Crippen molar-refractivity contribution in [1.29, 1.82) is 0 Å². The van der Waals surface area contributed by atoms with Crippen molar-refractivity contribution in [3.05, 3.63) is 58.6 Å². The Balaban J connectivity index is 1.55. The van der Waals surface area contributed by atoms with Gasteiger partial charge in [0.05, 0.1) is 36.8 Å². The van der Waals surface area contributed by atoms with Crippen LogP contribution < -0.4 is 15.1 Å². The number of benzene rings is 2. The Morgan fingerprint density at radius 3 is 2.50 bits per heavy atom. The third-order valence-corrected chi connectivity index (χ3v) is 5.22. The molecule has 0 aromatic heterocycles. The van der Waals surface area contributed by atoms with Crippen molar-refractivity contribution in [3.8, 4) is 0 Å². The molecular weight excluding hydrogens is 391 g/mol.